The number of sulfonamides is 1. The largest absolute Gasteiger partial charge is 0.478 e. The maximum Gasteiger partial charge on any atom is 0.337 e. The molecule has 2 rings (SSSR count). The number of aryl methyl sites for hydroxylation is 1. The molecule has 8 nitrogen and oxygen atoms in total. The number of aromatic carboxylic acids is 1. The molecule has 0 spiro atoms. The molecule has 3 N–H and O–H groups in total. The zero-order chi connectivity index (χ0) is 14.9. The average molecular weight is 299 g/mol. The number of para-hydroxylation sites is 1. The van der Waals surface area contributed by atoms with E-state index >= 15 is 0 Å². The van der Waals surface area contributed by atoms with Crippen LogP contribution in [0.1, 0.15) is 10.4 Å². The first-order valence-corrected chi connectivity index (χ1v) is 7.37. The molecule has 20 heavy (non-hydrogen) atoms. The van der Waals surface area contributed by atoms with Crippen LogP contribution in [-0.2, 0) is 16.6 Å². The molecule has 0 atom stereocenters. The third-order valence-corrected chi connectivity index (χ3v) is 4.26. The lowest BCUT2D eigenvalue weighted by atomic mass is 10.2. The lowest BCUT2D eigenvalue weighted by Crippen LogP contribution is -2.28. The molecule has 1 aromatic carbocycles. The van der Waals surface area contributed by atoms with E-state index in [2.05, 4.69) is 9.71 Å². The van der Waals surface area contributed by atoms with Crippen LogP contribution in [0.4, 0.5) is 0 Å². The zero-order valence-corrected chi connectivity index (χ0v) is 11.4. The highest BCUT2D eigenvalue weighted by molar-refractivity contribution is 7.89. The van der Waals surface area contributed by atoms with Crippen LogP contribution in [0.2, 0.25) is 0 Å². The fourth-order valence-electron chi connectivity index (χ4n) is 1.92. The van der Waals surface area contributed by atoms with Crippen molar-refractivity contribution in [3.63, 3.8) is 0 Å². The summed E-state index contributed by atoms with van der Waals surface area (Å²) < 4.78 is 26.1. The molecule has 0 aliphatic rings. The van der Waals surface area contributed by atoms with E-state index in [0.717, 1.165) is 4.57 Å². The van der Waals surface area contributed by atoms with Crippen molar-refractivity contribution in [3.05, 3.63) is 34.2 Å². The molecule has 0 bridgehead atoms. The van der Waals surface area contributed by atoms with Gasteiger partial charge in [0.05, 0.1) is 22.3 Å². The molecular weight excluding hydrogens is 286 g/mol. The van der Waals surface area contributed by atoms with Crippen molar-refractivity contribution in [1.82, 2.24) is 14.3 Å². The summed E-state index contributed by atoms with van der Waals surface area (Å²) in [6.45, 7) is -0.133. The summed E-state index contributed by atoms with van der Waals surface area (Å²) in [5.74, 6) is -1.50. The van der Waals surface area contributed by atoms with E-state index in [-0.39, 0.29) is 23.4 Å². The third-order valence-electron chi connectivity index (χ3n) is 2.92. The van der Waals surface area contributed by atoms with Crippen molar-refractivity contribution in [3.8, 4) is 0 Å². The maximum absolute atomic E-state index is 11.8. The van der Waals surface area contributed by atoms with Crippen LogP contribution in [-0.4, -0.2) is 41.8 Å². The summed E-state index contributed by atoms with van der Waals surface area (Å²) in [5, 5.41) is 9.13. The van der Waals surface area contributed by atoms with Gasteiger partial charge in [-0.1, -0.05) is 6.07 Å². The summed E-state index contributed by atoms with van der Waals surface area (Å²) >= 11 is 0. The molecule has 1 heterocycles. The molecule has 9 heteroatoms. The van der Waals surface area contributed by atoms with E-state index in [0.29, 0.717) is 5.52 Å². The number of aromatic amines is 1. The van der Waals surface area contributed by atoms with E-state index in [1.165, 1.54) is 19.2 Å². The molecule has 0 unspecified atom stereocenters. The summed E-state index contributed by atoms with van der Waals surface area (Å²) in [5.41, 5.74) is -0.0456. The first kappa shape index (κ1) is 14.3. The quantitative estimate of drug-likeness (QED) is 0.692. The fraction of sp³-hybridized carbons (Fsp3) is 0.273. The Morgan fingerprint density at radius 2 is 2.15 bits per heavy atom. The Balaban J connectivity index is 2.55. The highest BCUT2D eigenvalue weighted by atomic mass is 32.2. The topological polar surface area (TPSA) is 121 Å². The van der Waals surface area contributed by atoms with Gasteiger partial charge in [-0.2, -0.15) is 0 Å². The van der Waals surface area contributed by atoms with Crippen molar-refractivity contribution in [2.24, 2.45) is 0 Å². The average Bonchev–Trinajstić information content (AvgIpc) is 2.71. The number of nitrogens with one attached hydrogen (secondary N) is 2. The van der Waals surface area contributed by atoms with E-state index < -0.39 is 21.7 Å². The Hall–Kier alpha value is -2.13. The third kappa shape index (κ3) is 2.58. The van der Waals surface area contributed by atoms with Gasteiger partial charge in [0.1, 0.15) is 0 Å². The van der Waals surface area contributed by atoms with Crippen molar-refractivity contribution < 1.29 is 18.3 Å². The number of hydrogen-bond donors (Lipinski definition) is 3. The fourth-order valence-corrected chi connectivity index (χ4v) is 2.55. The van der Waals surface area contributed by atoms with Crippen LogP contribution in [0.15, 0.2) is 23.0 Å². The van der Waals surface area contributed by atoms with Gasteiger partial charge in [-0.3, -0.25) is 4.57 Å². The van der Waals surface area contributed by atoms with Crippen LogP contribution in [0.5, 0.6) is 0 Å². The van der Waals surface area contributed by atoms with Gasteiger partial charge in [0.15, 0.2) is 0 Å². The number of carboxylic acids is 1. The first-order valence-electron chi connectivity index (χ1n) is 5.72. The Morgan fingerprint density at radius 3 is 2.75 bits per heavy atom. The lowest BCUT2D eigenvalue weighted by molar-refractivity contribution is 0.0698. The Kier molecular flexibility index (Phi) is 3.64. The molecule has 0 aliphatic heterocycles. The summed E-state index contributed by atoms with van der Waals surface area (Å²) in [7, 11) is -2.21. The van der Waals surface area contributed by atoms with Crippen LogP contribution in [0.3, 0.4) is 0 Å². The number of rotatable bonds is 5. The van der Waals surface area contributed by atoms with Crippen molar-refractivity contribution in [1.29, 1.82) is 0 Å². The summed E-state index contributed by atoms with van der Waals surface area (Å²) in [6, 6.07) is 4.43. The molecule has 0 aliphatic carbocycles. The molecule has 1 aromatic heterocycles. The first-order chi connectivity index (χ1) is 9.35. The number of H-pyrrole nitrogens is 1. The zero-order valence-electron chi connectivity index (χ0n) is 10.6. The monoisotopic (exact) mass is 299 g/mol. The highest BCUT2D eigenvalue weighted by Gasteiger charge is 2.17. The number of imidazole rings is 1. The van der Waals surface area contributed by atoms with Gasteiger partial charge in [0.25, 0.3) is 0 Å². The number of benzene rings is 1. The minimum atomic E-state index is -3.49. The van der Waals surface area contributed by atoms with E-state index in [1.54, 1.807) is 6.07 Å². The van der Waals surface area contributed by atoms with Crippen molar-refractivity contribution in [2.75, 3.05) is 12.8 Å². The van der Waals surface area contributed by atoms with Crippen LogP contribution in [0.25, 0.3) is 11.0 Å². The Morgan fingerprint density at radius 1 is 1.45 bits per heavy atom. The number of fused-ring (bicyclic) bond motifs is 1. The molecular formula is C11H13N3O5S. The van der Waals surface area contributed by atoms with Crippen LogP contribution in [0, 0.1) is 0 Å². The van der Waals surface area contributed by atoms with E-state index in [4.69, 9.17) is 5.11 Å². The predicted octanol–water partition coefficient (Wildman–Crippen LogP) is -0.423. The molecule has 0 radical (unpaired) electrons. The van der Waals surface area contributed by atoms with E-state index in [9.17, 15) is 18.0 Å². The minimum Gasteiger partial charge on any atom is -0.478 e. The van der Waals surface area contributed by atoms with E-state index in [1.807, 2.05) is 0 Å². The number of aromatic nitrogens is 2. The van der Waals surface area contributed by atoms with Gasteiger partial charge in [-0.05, 0) is 19.2 Å². The molecule has 0 saturated carbocycles. The number of carbonyl (C=O) groups is 1. The molecule has 0 fully saturated rings. The standard InChI is InChI=1S/C11H13N3O5S/c1-12-20(18,19)6-5-14-9-7(10(15)16)3-2-4-8(9)13-11(14)17/h2-4,12H,5-6H2,1H3,(H,13,17)(H,15,16). The van der Waals surface area contributed by atoms with Gasteiger partial charge >= 0.3 is 11.7 Å². The SMILES string of the molecule is CNS(=O)(=O)CCn1c(=O)[nH]c2cccc(C(=O)O)c21. The molecule has 2 aromatic rings. The van der Waals surface area contributed by atoms with Crippen molar-refractivity contribution >= 4 is 27.0 Å². The predicted molar refractivity (Wildman–Crippen MR) is 72.4 cm³/mol. The smallest absolute Gasteiger partial charge is 0.337 e. The number of nitrogens with zero attached hydrogens (tertiary/aromatic N) is 1. The summed E-state index contributed by atoms with van der Waals surface area (Å²) in [4.78, 5) is 25.5. The van der Waals surface area contributed by atoms with Crippen molar-refractivity contribution in [2.45, 2.75) is 6.54 Å². The lowest BCUT2D eigenvalue weighted by Gasteiger charge is -2.06. The second-order valence-electron chi connectivity index (χ2n) is 4.11. The molecule has 0 amide bonds. The Bertz CT molecular complexity index is 818. The van der Waals surface area contributed by atoms with Gasteiger partial charge in [-0.15, -0.1) is 0 Å². The van der Waals surface area contributed by atoms with Crippen LogP contribution >= 0.6 is 0 Å². The summed E-state index contributed by atoms with van der Waals surface area (Å²) in [6.07, 6.45) is 0. The van der Waals surface area contributed by atoms with Gasteiger partial charge in [0, 0.05) is 6.54 Å². The van der Waals surface area contributed by atoms with Gasteiger partial charge in [-0.25, -0.2) is 22.7 Å². The second-order valence-corrected chi connectivity index (χ2v) is 6.16. The second kappa shape index (κ2) is 5.10. The molecule has 0 saturated heterocycles. The Labute approximate surface area is 114 Å². The number of hydrogen-bond acceptors (Lipinski definition) is 4. The highest BCUT2D eigenvalue weighted by Crippen LogP contribution is 2.16. The molecule has 108 valence electrons. The van der Waals surface area contributed by atoms with Gasteiger partial charge in [0.2, 0.25) is 10.0 Å². The minimum absolute atomic E-state index is 0.0531. The number of carboxylic acid groups (broad SMARTS) is 1. The van der Waals surface area contributed by atoms with Gasteiger partial charge < -0.3 is 10.1 Å². The van der Waals surface area contributed by atoms with Crippen LogP contribution < -0.4 is 10.4 Å². The normalized spacial score (nSPS) is 11.8. The maximum atomic E-state index is 11.8.